The maximum Gasteiger partial charge on any atom is 0.247 e. The largest absolute Gasteiger partial charge is 0.354 e. The van der Waals surface area contributed by atoms with Crippen molar-refractivity contribution in [2.75, 3.05) is 12.3 Å². The van der Waals surface area contributed by atoms with Crippen molar-refractivity contribution in [3.05, 3.63) is 65.2 Å². The minimum atomic E-state index is -0.660. The lowest BCUT2D eigenvalue weighted by Crippen LogP contribution is -2.43. The van der Waals surface area contributed by atoms with Crippen molar-refractivity contribution >= 4 is 34.5 Å². The highest BCUT2D eigenvalue weighted by molar-refractivity contribution is 8.00. The molecule has 3 aromatic rings. The van der Waals surface area contributed by atoms with Gasteiger partial charge in [-0.25, -0.2) is 0 Å². The Balaban J connectivity index is 1.80. The third kappa shape index (κ3) is 4.42. The fourth-order valence-electron chi connectivity index (χ4n) is 4.27. The van der Waals surface area contributed by atoms with Crippen LogP contribution in [0.15, 0.2) is 53.6 Å². The van der Waals surface area contributed by atoms with Gasteiger partial charge in [-0.15, -0.1) is 0 Å². The van der Waals surface area contributed by atoms with Crippen LogP contribution in [0.1, 0.15) is 43.0 Å². The van der Waals surface area contributed by atoms with E-state index in [4.69, 9.17) is 0 Å². The lowest BCUT2D eigenvalue weighted by atomic mass is 10.0. The quantitative estimate of drug-likeness (QED) is 0.587. The van der Waals surface area contributed by atoms with Crippen molar-refractivity contribution in [1.29, 1.82) is 0 Å². The predicted molar refractivity (Wildman–Crippen MR) is 131 cm³/mol. The normalized spacial score (nSPS) is 16.3. The number of fused-ring (bicyclic) bond motifs is 3. The first kappa shape index (κ1) is 22.5. The molecule has 0 bridgehead atoms. The zero-order valence-corrected chi connectivity index (χ0v) is 20.0. The van der Waals surface area contributed by atoms with E-state index in [1.54, 1.807) is 4.90 Å². The van der Waals surface area contributed by atoms with Crippen molar-refractivity contribution in [3.63, 3.8) is 0 Å². The Morgan fingerprint density at radius 2 is 1.88 bits per heavy atom. The second-order valence-corrected chi connectivity index (χ2v) is 9.93. The second-order valence-electron chi connectivity index (χ2n) is 8.97. The number of aromatic nitrogens is 1. The molecule has 1 aliphatic rings. The molecule has 1 aromatic heterocycles. The van der Waals surface area contributed by atoms with Crippen LogP contribution in [0.4, 0.5) is 0 Å². The van der Waals surface area contributed by atoms with Crippen LogP contribution in [0, 0.1) is 12.8 Å². The zero-order valence-electron chi connectivity index (χ0n) is 19.2. The molecule has 0 radical (unpaired) electrons. The molecule has 1 aliphatic heterocycles. The fraction of sp³-hybridized carbons (Fsp3) is 0.385. The molecule has 0 saturated heterocycles. The molecular formula is C26H31N3O2S. The third-order valence-corrected chi connectivity index (χ3v) is 7.23. The van der Waals surface area contributed by atoms with Crippen LogP contribution in [0.3, 0.4) is 0 Å². The summed E-state index contributed by atoms with van der Waals surface area (Å²) in [6, 6.07) is 15.7. The van der Waals surface area contributed by atoms with Gasteiger partial charge in [0, 0.05) is 36.6 Å². The summed E-state index contributed by atoms with van der Waals surface area (Å²) in [5.41, 5.74) is 4.21. The van der Waals surface area contributed by atoms with Gasteiger partial charge in [0.25, 0.3) is 0 Å². The number of benzene rings is 2. The van der Waals surface area contributed by atoms with Crippen LogP contribution in [0.5, 0.6) is 0 Å². The molecule has 1 unspecified atom stereocenters. The Bertz CT molecular complexity index is 1130. The number of carbonyl (C=O) groups excluding carboxylic acids is 2. The monoisotopic (exact) mass is 449 g/mol. The molecule has 168 valence electrons. The van der Waals surface area contributed by atoms with E-state index in [-0.39, 0.29) is 11.8 Å². The standard InChI is InChI=1S/C26H31N3O2S/c1-17(2)13-14-27-25(31)24-23-20-7-5-6-8-21(20)28(4)26(23)32-16-22(30)29(24)15-19-11-9-18(3)10-12-19/h5-12,17,24H,13-16H2,1-4H3,(H,27,31). The van der Waals surface area contributed by atoms with Crippen LogP contribution in [0.25, 0.3) is 10.9 Å². The minimum Gasteiger partial charge on any atom is -0.354 e. The summed E-state index contributed by atoms with van der Waals surface area (Å²) in [7, 11) is 2.02. The Hall–Kier alpha value is -2.73. The highest BCUT2D eigenvalue weighted by Gasteiger charge is 2.38. The lowest BCUT2D eigenvalue weighted by molar-refractivity contribution is -0.139. The molecule has 0 saturated carbocycles. The average molecular weight is 450 g/mol. The lowest BCUT2D eigenvalue weighted by Gasteiger charge is -2.30. The Kier molecular flexibility index (Phi) is 6.60. The zero-order chi connectivity index (χ0) is 22.8. The summed E-state index contributed by atoms with van der Waals surface area (Å²) in [6.45, 7) is 7.34. The Labute approximate surface area is 194 Å². The molecule has 0 aliphatic carbocycles. The molecule has 5 nitrogen and oxygen atoms in total. The van der Waals surface area contributed by atoms with E-state index in [1.165, 1.54) is 17.3 Å². The molecule has 2 amide bonds. The van der Waals surface area contributed by atoms with Gasteiger partial charge in [0.15, 0.2) is 0 Å². The number of nitrogens with zero attached hydrogens (tertiary/aromatic N) is 2. The van der Waals surface area contributed by atoms with E-state index in [1.807, 2.05) is 50.4 Å². The number of nitrogens with one attached hydrogen (secondary N) is 1. The molecule has 0 fully saturated rings. The smallest absolute Gasteiger partial charge is 0.247 e. The first-order chi connectivity index (χ1) is 15.4. The van der Waals surface area contributed by atoms with E-state index in [9.17, 15) is 9.59 Å². The van der Waals surface area contributed by atoms with Crippen LogP contribution in [0.2, 0.25) is 0 Å². The van der Waals surface area contributed by atoms with Crippen LogP contribution < -0.4 is 5.32 Å². The second kappa shape index (κ2) is 9.41. The number of amides is 2. The van der Waals surface area contributed by atoms with Crippen molar-refractivity contribution in [2.45, 2.75) is 44.8 Å². The summed E-state index contributed by atoms with van der Waals surface area (Å²) in [6.07, 6.45) is 0.904. The first-order valence-corrected chi connectivity index (χ1v) is 12.2. The molecule has 6 heteroatoms. The summed E-state index contributed by atoms with van der Waals surface area (Å²) in [4.78, 5) is 28.7. The van der Waals surface area contributed by atoms with Crippen molar-refractivity contribution in [3.8, 4) is 0 Å². The third-order valence-electron chi connectivity index (χ3n) is 6.07. The van der Waals surface area contributed by atoms with Crippen molar-refractivity contribution in [2.24, 2.45) is 13.0 Å². The Morgan fingerprint density at radius 1 is 1.16 bits per heavy atom. The van der Waals surface area contributed by atoms with E-state index in [0.29, 0.717) is 24.8 Å². The summed E-state index contributed by atoms with van der Waals surface area (Å²) < 4.78 is 2.12. The molecule has 32 heavy (non-hydrogen) atoms. The predicted octanol–water partition coefficient (Wildman–Crippen LogP) is 4.82. The van der Waals surface area contributed by atoms with Gasteiger partial charge in [0.1, 0.15) is 6.04 Å². The van der Waals surface area contributed by atoms with E-state index < -0.39 is 6.04 Å². The van der Waals surface area contributed by atoms with E-state index in [2.05, 4.69) is 35.9 Å². The molecule has 2 heterocycles. The Morgan fingerprint density at radius 3 is 2.59 bits per heavy atom. The van der Waals surface area contributed by atoms with Gasteiger partial charge in [-0.2, -0.15) is 0 Å². The van der Waals surface area contributed by atoms with Crippen molar-refractivity contribution in [1.82, 2.24) is 14.8 Å². The molecule has 1 N–H and O–H groups in total. The van der Waals surface area contributed by atoms with Crippen molar-refractivity contribution < 1.29 is 9.59 Å². The van der Waals surface area contributed by atoms with E-state index in [0.717, 1.165) is 33.5 Å². The maximum atomic E-state index is 13.6. The summed E-state index contributed by atoms with van der Waals surface area (Å²) in [5.74, 6) is 0.697. The average Bonchev–Trinajstić information content (AvgIpc) is 2.95. The van der Waals surface area contributed by atoms with E-state index >= 15 is 0 Å². The number of rotatable bonds is 6. The summed E-state index contributed by atoms with van der Waals surface area (Å²) >= 11 is 1.53. The number of carbonyl (C=O) groups is 2. The number of hydrogen-bond acceptors (Lipinski definition) is 3. The minimum absolute atomic E-state index is 0.0140. The fourth-order valence-corrected chi connectivity index (χ4v) is 5.37. The number of hydrogen-bond donors (Lipinski definition) is 1. The van der Waals surface area contributed by atoms with Gasteiger partial charge in [-0.1, -0.05) is 73.6 Å². The van der Waals surface area contributed by atoms with Gasteiger partial charge >= 0.3 is 0 Å². The van der Waals surface area contributed by atoms with Gasteiger partial charge in [-0.3, -0.25) is 9.59 Å². The van der Waals surface area contributed by atoms with Crippen LogP contribution in [-0.4, -0.2) is 33.6 Å². The van der Waals surface area contributed by atoms with Crippen LogP contribution in [-0.2, 0) is 23.2 Å². The topological polar surface area (TPSA) is 54.3 Å². The highest BCUT2D eigenvalue weighted by atomic mass is 32.2. The number of thioether (sulfide) groups is 1. The van der Waals surface area contributed by atoms with Gasteiger partial charge < -0.3 is 14.8 Å². The number of aryl methyl sites for hydroxylation is 2. The highest BCUT2D eigenvalue weighted by Crippen LogP contribution is 2.42. The summed E-state index contributed by atoms with van der Waals surface area (Å²) in [5, 5.41) is 5.15. The first-order valence-electron chi connectivity index (χ1n) is 11.2. The van der Waals surface area contributed by atoms with Crippen LogP contribution >= 0.6 is 11.8 Å². The van der Waals surface area contributed by atoms with Gasteiger partial charge in [0.05, 0.1) is 10.8 Å². The maximum absolute atomic E-state index is 13.6. The molecule has 2 aromatic carbocycles. The SMILES string of the molecule is Cc1ccc(CN2C(=O)CSc3c(c4ccccc4n3C)C2C(=O)NCCC(C)C)cc1. The molecule has 1 atom stereocenters. The molecule has 0 spiro atoms. The van der Waals surface area contributed by atoms with Gasteiger partial charge in [0.2, 0.25) is 11.8 Å². The number of para-hydroxylation sites is 1. The molecule has 4 rings (SSSR count). The van der Waals surface area contributed by atoms with Gasteiger partial charge in [-0.05, 0) is 30.9 Å². The molecular weight excluding hydrogens is 418 g/mol.